The highest BCUT2D eigenvalue weighted by Gasteiger charge is 2.04. The number of guanidine groups is 1. The molecule has 2 N–H and O–H groups in total. The van der Waals surface area contributed by atoms with Crippen molar-refractivity contribution in [1.29, 1.82) is 0 Å². The Bertz CT molecular complexity index is 576. The van der Waals surface area contributed by atoms with E-state index in [1.807, 2.05) is 6.20 Å². The fourth-order valence-corrected chi connectivity index (χ4v) is 2.39. The largest absolute Gasteiger partial charge is 0.356 e. The molecule has 0 aliphatic rings. The summed E-state index contributed by atoms with van der Waals surface area (Å²) in [7, 11) is 1.73. The Morgan fingerprint density at radius 3 is 2.85 bits per heavy atom. The second kappa shape index (κ2) is 6.99. The summed E-state index contributed by atoms with van der Waals surface area (Å²) in [5.74, 6) is 1.88. The number of nitrogens with zero attached hydrogens (tertiary/aromatic N) is 4. The maximum Gasteiger partial charge on any atom is 0.223 e. The summed E-state index contributed by atoms with van der Waals surface area (Å²) in [6.45, 7) is 5.08. The predicted octanol–water partition coefficient (Wildman–Crippen LogP) is 1.05. The molecule has 0 unspecified atom stereocenters. The monoisotopic (exact) mass is 294 g/mol. The van der Waals surface area contributed by atoms with Gasteiger partial charge in [0.05, 0.1) is 11.6 Å². The van der Waals surface area contributed by atoms with Gasteiger partial charge in [-0.2, -0.15) is 4.98 Å². The van der Waals surface area contributed by atoms with E-state index >= 15 is 0 Å². The number of hydrogen-bond acceptors (Lipinski definition) is 6. The molecule has 108 valence electrons. The standard InChI is InChI=1S/C12H18N6OS/c1-8-6-15-11(20-8)4-5-14-12(13-3)16-7-10-17-9(2)19-18-10/h6H,4-5,7H2,1-3H3,(H2,13,14,16). The van der Waals surface area contributed by atoms with Gasteiger partial charge in [-0.25, -0.2) is 4.98 Å². The maximum absolute atomic E-state index is 4.90. The molecule has 0 atom stereocenters. The molecule has 2 rings (SSSR count). The molecule has 0 fully saturated rings. The van der Waals surface area contributed by atoms with E-state index in [4.69, 9.17) is 4.52 Å². The van der Waals surface area contributed by atoms with Gasteiger partial charge in [-0.1, -0.05) is 5.16 Å². The van der Waals surface area contributed by atoms with Crippen molar-refractivity contribution < 1.29 is 4.52 Å². The van der Waals surface area contributed by atoms with Gasteiger partial charge >= 0.3 is 0 Å². The average molecular weight is 294 g/mol. The fraction of sp³-hybridized carbons (Fsp3) is 0.500. The Kier molecular flexibility index (Phi) is 5.05. The van der Waals surface area contributed by atoms with Crippen LogP contribution >= 0.6 is 11.3 Å². The van der Waals surface area contributed by atoms with Gasteiger partial charge < -0.3 is 15.2 Å². The van der Waals surface area contributed by atoms with Crippen LogP contribution in [0.3, 0.4) is 0 Å². The zero-order valence-corrected chi connectivity index (χ0v) is 12.6. The van der Waals surface area contributed by atoms with Crippen LogP contribution in [0.1, 0.15) is 21.6 Å². The van der Waals surface area contributed by atoms with E-state index < -0.39 is 0 Å². The summed E-state index contributed by atoms with van der Waals surface area (Å²) in [5, 5.41) is 11.3. The maximum atomic E-state index is 4.90. The summed E-state index contributed by atoms with van der Waals surface area (Å²) in [5.41, 5.74) is 0. The lowest BCUT2D eigenvalue weighted by molar-refractivity contribution is 0.387. The number of aromatic nitrogens is 3. The second-order valence-electron chi connectivity index (χ2n) is 4.20. The van der Waals surface area contributed by atoms with E-state index in [2.05, 4.69) is 37.7 Å². The van der Waals surface area contributed by atoms with Crippen molar-refractivity contribution in [3.63, 3.8) is 0 Å². The lowest BCUT2D eigenvalue weighted by Gasteiger charge is -2.09. The molecule has 0 bridgehead atoms. The predicted molar refractivity (Wildman–Crippen MR) is 77.8 cm³/mol. The van der Waals surface area contributed by atoms with E-state index in [0.29, 0.717) is 24.2 Å². The fourth-order valence-electron chi connectivity index (χ4n) is 1.60. The lowest BCUT2D eigenvalue weighted by atomic mass is 10.4. The Morgan fingerprint density at radius 2 is 2.25 bits per heavy atom. The van der Waals surface area contributed by atoms with Crippen molar-refractivity contribution >= 4 is 17.3 Å². The van der Waals surface area contributed by atoms with Crippen LogP contribution < -0.4 is 10.6 Å². The number of nitrogens with one attached hydrogen (secondary N) is 2. The molecule has 7 nitrogen and oxygen atoms in total. The molecule has 0 aromatic carbocycles. The molecule has 0 saturated carbocycles. The van der Waals surface area contributed by atoms with Crippen molar-refractivity contribution in [3.05, 3.63) is 27.8 Å². The van der Waals surface area contributed by atoms with Crippen molar-refractivity contribution in [2.45, 2.75) is 26.8 Å². The van der Waals surface area contributed by atoms with Crippen LogP contribution in [0.15, 0.2) is 15.7 Å². The van der Waals surface area contributed by atoms with Gasteiger partial charge in [-0.05, 0) is 6.92 Å². The summed E-state index contributed by atoms with van der Waals surface area (Å²) in [4.78, 5) is 13.8. The van der Waals surface area contributed by atoms with Gasteiger partial charge in [0.15, 0.2) is 11.8 Å². The topological polar surface area (TPSA) is 88.2 Å². The molecule has 2 aromatic heterocycles. The minimum Gasteiger partial charge on any atom is -0.356 e. The van der Waals surface area contributed by atoms with Crippen LogP contribution in [0.25, 0.3) is 0 Å². The minimum atomic E-state index is 0.480. The number of hydrogen-bond donors (Lipinski definition) is 2. The molecule has 0 spiro atoms. The van der Waals surface area contributed by atoms with Crippen molar-refractivity contribution in [2.75, 3.05) is 13.6 Å². The molecule has 0 aliphatic heterocycles. The Balaban J connectivity index is 1.72. The van der Waals surface area contributed by atoms with Crippen molar-refractivity contribution in [2.24, 2.45) is 4.99 Å². The molecule has 0 amide bonds. The van der Waals surface area contributed by atoms with Crippen LogP contribution in [-0.4, -0.2) is 34.7 Å². The van der Waals surface area contributed by atoms with Crippen molar-refractivity contribution in [1.82, 2.24) is 25.8 Å². The normalized spacial score (nSPS) is 11.7. The number of rotatable bonds is 5. The van der Waals surface area contributed by atoms with Gasteiger partial charge in [0, 0.05) is 38.0 Å². The first-order chi connectivity index (χ1) is 9.67. The quantitative estimate of drug-likeness (QED) is 0.633. The molecule has 20 heavy (non-hydrogen) atoms. The van der Waals surface area contributed by atoms with Crippen LogP contribution in [-0.2, 0) is 13.0 Å². The zero-order valence-electron chi connectivity index (χ0n) is 11.8. The zero-order chi connectivity index (χ0) is 14.4. The first-order valence-corrected chi connectivity index (χ1v) is 7.14. The van der Waals surface area contributed by atoms with Gasteiger partial charge in [0.25, 0.3) is 0 Å². The van der Waals surface area contributed by atoms with Crippen LogP contribution in [0.5, 0.6) is 0 Å². The van der Waals surface area contributed by atoms with Gasteiger partial charge in [-0.3, -0.25) is 4.99 Å². The molecular formula is C12H18N6OS. The average Bonchev–Trinajstić information content (AvgIpc) is 3.02. The van der Waals surface area contributed by atoms with E-state index in [0.717, 1.165) is 18.0 Å². The summed E-state index contributed by atoms with van der Waals surface area (Å²) >= 11 is 1.72. The second-order valence-corrected chi connectivity index (χ2v) is 5.52. The molecule has 0 saturated heterocycles. The smallest absolute Gasteiger partial charge is 0.223 e. The summed E-state index contributed by atoms with van der Waals surface area (Å²) in [6, 6.07) is 0. The third-order valence-corrected chi connectivity index (χ3v) is 3.48. The summed E-state index contributed by atoms with van der Waals surface area (Å²) < 4.78 is 4.90. The highest BCUT2D eigenvalue weighted by atomic mass is 32.1. The Morgan fingerprint density at radius 1 is 1.40 bits per heavy atom. The SMILES string of the molecule is CN=C(NCCc1ncc(C)s1)NCc1noc(C)n1. The number of aryl methyl sites for hydroxylation is 2. The number of aliphatic imine (C=N–C) groups is 1. The van der Waals surface area contributed by atoms with Gasteiger partial charge in [0.1, 0.15) is 0 Å². The Hall–Kier alpha value is -1.96. The highest BCUT2D eigenvalue weighted by Crippen LogP contribution is 2.10. The third kappa shape index (κ3) is 4.30. The third-order valence-electron chi connectivity index (χ3n) is 2.51. The molecular weight excluding hydrogens is 276 g/mol. The molecule has 2 aromatic rings. The molecule has 2 heterocycles. The van der Waals surface area contributed by atoms with Crippen molar-refractivity contribution in [3.8, 4) is 0 Å². The van der Waals surface area contributed by atoms with E-state index in [1.54, 1.807) is 25.3 Å². The van der Waals surface area contributed by atoms with E-state index in [1.165, 1.54) is 4.88 Å². The highest BCUT2D eigenvalue weighted by molar-refractivity contribution is 7.11. The van der Waals surface area contributed by atoms with Crippen LogP contribution in [0, 0.1) is 13.8 Å². The molecule has 0 radical (unpaired) electrons. The number of thiazole rings is 1. The van der Waals surface area contributed by atoms with Crippen LogP contribution in [0.2, 0.25) is 0 Å². The van der Waals surface area contributed by atoms with E-state index in [9.17, 15) is 0 Å². The summed E-state index contributed by atoms with van der Waals surface area (Å²) in [6.07, 6.45) is 2.77. The minimum absolute atomic E-state index is 0.480. The Labute approximate surface area is 121 Å². The molecule has 0 aliphatic carbocycles. The lowest BCUT2D eigenvalue weighted by Crippen LogP contribution is -2.38. The first kappa shape index (κ1) is 14.4. The van der Waals surface area contributed by atoms with Crippen LogP contribution in [0.4, 0.5) is 0 Å². The van der Waals surface area contributed by atoms with Gasteiger partial charge in [0.2, 0.25) is 5.89 Å². The van der Waals surface area contributed by atoms with E-state index in [-0.39, 0.29) is 0 Å². The first-order valence-electron chi connectivity index (χ1n) is 6.32. The van der Waals surface area contributed by atoms with Gasteiger partial charge in [-0.15, -0.1) is 11.3 Å². The molecule has 8 heteroatoms.